The Morgan fingerprint density at radius 3 is 0.747 bits per heavy atom. The minimum atomic E-state index is -4.96. The number of carbonyl (C=O) groups excluding carboxylic acids is 4. The molecule has 0 aliphatic rings. The average molecular weight is 1400 g/mol. The first-order valence-electron chi connectivity index (χ1n) is 39.6. The van der Waals surface area contributed by atoms with Crippen molar-refractivity contribution in [2.24, 2.45) is 11.8 Å². The molecule has 0 rings (SSSR count). The Balaban J connectivity index is 5.17. The molecule has 0 aromatic rings. The van der Waals surface area contributed by atoms with Crippen molar-refractivity contribution in [3.8, 4) is 0 Å². The van der Waals surface area contributed by atoms with Crippen molar-refractivity contribution in [2.45, 2.75) is 413 Å². The van der Waals surface area contributed by atoms with E-state index < -0.39 is 97.5 Å². The molecule has 0 spiro atoms. The Hall–Kier alpha value is -1.94. The van der Waals surface area contributed by atoms with E-state index in [1.165, 1.54) is 205 Å². The molecule has 17 nitrogen and oxygen atoms in total. The first kappa shape index (κ1) is 93.1. The number of phosphoric acid groups is 2. The summed E-state index contributed by atoms with van der Waals surface area (Å²) in [4.78, 5) is 72.7. The summed E-state index contributed by atoms with van der Waals surface area (Å²) >= 11 is 0. The van der Waals surface area contributed by atoms with Crippen molar-refractivity contribution in [2.75, 3.05) is 39.6 Å². The van der Waals surface area contributed by atoms with Crippen molar-refractivity contribution >= 4 is 39.5 Å². The molecule has 0 saturated carbocycles. The summed E-state index contributed by atoms with van der Waals surface area (Å²) in [6.07, 6.45) is 55.5. The Kier molecular flexibility index (Phi) is 66.5. The van der Waals surface area contributed by atoms with Crippen LogP contribution in [-0.4, -0.2) is 96.7 Å². The van der Waals surface area contributed by atoms with E-state index in [2.05, 4.69) is 41.5 Å². The summed E-state index contributed by atoms with van der Waals surface area (Å²) in [5.41, 5.74) is 0. The van der Waals surface area contributed by atoms with Gasteiger partial charge in [0.05, 0.1) is 26.4 Å². The molecule has 0 fully saturated rings. The lowest BCUT2D eigenvalue weighted by Gasteiger charge is -2.21. The van der Waals surface area contributed by atoms with Crippen molar-refractivity contribution in [3.63, 3.8) is 0 Å². The maximum absolute atomic E-state index is 13.1. The molecule has 0 radical (unpaired) electrons. The van der Waals surface area contributed by atoms with E-state index in [4.69, 9.17) is 37.0 Å². The monoisotopic (exact) mass is 1400 g/mol. The zero-order valence-corrected chi connectivity index (χ0v) is 63.8. The van der Waals surface area contributed by atoms with Crippen LogP contribution in [0, 0.1) is 11.8 Å². The van der Waals surface area contributed by atoms with Crippen LogP contribution in [0.15, 0.2) is 0 Å². The number of carbonyl (C=O) groups is 4. The lowest BCUT2D eigenvalue weighted by atomic mass is 9.99. The highest BCUT2D eigenvalue weighted by atomic mass is 31.2. The Morgan fingerprint density at radius 1 is 0.295 bits per heavy atom. The van der Waals surface area contributed by atoms with Crippen molar-refractivity contribution in [1.82, 2.24) is 0 Å². The fourth-order valence-corrected chi connectivity index (χ4v) is 13.2. The van der Waals surface area contributed by atoms with Gasteiger partial charge in [0.1, 0.15) is 19.3 Å². The molecule has 95 heavy (non-hydrogen) atoms. The number of hydrogen-bond donors (Lipinski definition) is 3. The molecule has 0 aromatic carbocycles. The number of rotatable bonds is 75. The summed E-state index contributed by atoms with van der Waals surface area (Å²) in [6, 6.07) is 0. The molecule has 19 heteroatoms. The Morgan fingerprint density at radius 2 is 0.505 bits per heavy atom. The molecule has 3 N–H and O–H groups in total. The van der Waals surface area contributed by atoms with Crippen LogP contribution < -0.4 is 0 Å². The third-order valence-electron chi connectivity index (χ3n) is 18.4. The predicted molar refractivity (Wildman–Crippen MR) is 386 cm³/mol. The number of hydrogen-bond acceptors (Lipinski definition) is 15. The lowest BCUT2D eigenvalue weighted by molar-refractivity contribution is -0.161. The lowest BCUT2D eigenvalue weighted by Crippen LogP contribution is -2.30. The third-order valence-corrected chi connectivity index (χ3v) is 20.3. The first-order valence-corrected chi connectivity index (χ1v) is 42.6. The smallest absolute Gasteiger partial charge is 0.462 e. The molecule has 564 valence electrons. The maximum atomic E-state index is 13.1. The molecule has 0 aromatic heterocycles. The highest BCUT2D eigenvalue weighted by Gasteiger charge is 2.30. The van der Waals surface area contributed by atoms with Crippen LogP contribution in [0.4, 0.5) is 0 Å². The summed E-state index contributed by atoms with van der Waals surface area (Å²) in [6.45, 7) is 9.61. The molecule has 0 aliphatic carbocycles. The second-order valence-corrected chi connectivity index (χ2v) is 30.8. The number of aliphatic hydroxyl groups is 1. The Bertz CT molecular complexity index is 1840. The van der Waals surface area contributed by atoms with Gasteiger partial charge in [0.2, 0.25) is 0 Å². The Labute approximate surface area is 581 Å². The van der Waals surface area contributed by atoms with Gasteiger partial charge in [-0.1, -0.05) is 343 Å². The van der Waals surface area contributed by atoms with E-state index >= 15 is 0 Å². The van der Waals surface area contributed by atoms with Gasteiger partial charge in [-0.2, -0.15) is 0 Å². The van der Waals surface area contributed by atoms with E-state index in [1.807, 2.05) is 0 Å². The molecular weight excluding hydrogens is 1250 g/mol. The quantitative estimate of drug-likeness (QED) is 0.0222. The van der Waals surface area contributed by atoms with Crippen molar-refractivity contribution < 1.29 is 80.2 Å². The van der Waals surface area contributed by atoms with E-state index in [0.29, 0.717) is 25.7 Å². The molecule has 4 unspecified atom stereocenters. The minimum absolute atomic E-state index is 0.106. The number of phosphoric ester groups is 2. The largest absolute Gasteiger partial charge is 0.472 e. The van der Waals surface area contributed by atoms with Gasteiger partial charge in [0, 0.05) is 25.7 Å². The zero-order chi connectivity index (χ0) is 70.0. The van der Waals surface area contributed by atoms with Gasteiger partial charge in [-0.25, -0.2) is 9.13 Å². The predicted octanol–water partition coefficient (Wildman–Crippen LogP) is 22.3. The van der Waals surface area contributed by atoms with E-state index in [1.54, 1.807) is 0 Å². The number of unbranched alkanes of at least 4 members (excludes halogenated alkanes) is 43. The molecule has 0 bridgehead atoms. The van der Waals surface area contributed by atoms with E-state index in [0.717, 1.165) is 108 Å². The van der Waals surface area contributed by atoms with Crippen LogP contribution in [0.5, 0.6) is 0 Å². The van der Waals surface area contributed by atoms with Gasteiger partial charge >= 0.3 is 39.5 Å². The summed E-state index contributed by atoms with van der Waals surface area (Å²) in [5, 5.41) is 10.6. The van der Waals surface area contributed by atoms with Crippen LogP contribution >= 0.6 is 15.6 Å². The average Bonchev–Trinajstić information content (AvgIpc) is 2.68. The second kappa shape index (κ2) is 67.9. The summed E-state index contributed by atoms with van der Waals surface area (Å²) in [7, 11) is -9.91. The molecule has 0 heterocycles. The standard InChI is InChI=1S/C76H148O17P2/c1-7-11-13-15-17-19-21-32-35-39-46-52-58-73(78)86-64-71(92-76(81)61-55-49-41-37-33-29-27-25-23-22-24-26-28-31-34-38-44-50-56-68(5)9-3)66-90-94(82,83)88-62-70(77)63-89-95(84,85)91-67-72(65-87-74(79)59-53-47-43-42-45-51-57-69(6)10-4)93-75(80)60-54-48-40-36-30-20-18-16-14-12-8-2/h68-72,77H,7-67H2,1-6H3,(H,82,83)(H,84,85)/t68?,69?,70-,71-,72-/m1/s1. The fourth-order valence-electron chi connectivity index (χ4n) is 11.6. The van der Waals surface area contributed by atoms with Gasteiger partial charge in [0.25, 0.3) is 0 Å². The number of ether oxygens (including phenoxy) is 4. The van der Waals surface area contributed by atoms with Gasteiger partial charge in [-0.05, 0) is 37.5 Å². The van der Waals surface area contributed by atoms with Crippen LogP contribution in [0.25, 0.3) is 0 Å². The van der Waals surface area contributed by atoms with Crippen LogP contribution in [0.2, 0.25) is 0 Å². The molecule has 7 atom stereocenters. The topological polar surface area (TPSA) is 237 Å². The van der Waals surface area contributed by atoms with E-state index in [-0.39, 0.29) is 25.7 Å². The fraction of sp³-hybridized carbons (Fsp3) is 0.947. The van der Waals surface area contributed by atoms with Crippen LogP contribution in [0.3, 0.4) is 0 Å². The molecule has 0 saturated heterocycles. The van der Waals surface area contributed by atoms with Gasteiger partial charge in [-0.3, -0.25) is 37.3 Å². The van der Waals surface area contributed by atoms with Crippen molar-refractivity contribution in [3.05, 3.63) is 0 Å². The molecule has 0 amide bonds. The summed E-state index contributed by atoms with van der Waals surface area (Å²) in [5.74, 6) is -0.514. The van der Waals surface area contributed by atoms with Gasteiger partial charge in [0.15, 0.2) is 12.2 Å². The highest BCUT2D eigenvalue weighted by Crippen LogP contribution is 2.45. The SMILES string of the molecule is CCCCCCCCCCCCCCC(=O)OC[C@H](COP(=O)(O)OC[C@@H](O)COP(=O)(O)OC[C@@H](COC(=O)CCCCCCCCC(C)CC)OC(=O)CCCCCCCCCCCCC)OC(=O)CCCCCCCCCCCCCCCCCCCCC(C)CC. The van der Waals surface area contributed by atoms with Crippen molar-refractivity contribution in [1.29, 1.82) is 0 Å². The normalized spacial score (nSPS) is 14.6. The maximum Gasteiger partial charge on any atom is 0.472 e. The second-order valence-electron chi connectivity index (χ2n) is 27.9. The highest BCUT2D eigenvalue weighted by molar-refractivity contribution is 7.47. The first-order chi connectivity index (χ1) is 45.9. The summed E-state index contributed by atoms with van der Waals surface area (Å²) < 4.78 is 68.5. The van der Waals surface area contributed by atoms with Gasteiger partial charge in [-0.15, -0.1) is 0 Å². The van der Waals surface area contributed by atoms with E-state index in [9.17, 15) is 43.2 Å². The molecule has 0 aliphatic heterocycles. The van der Waals surface area contributed by atoms with Gasteiger partial charge < -0.3 is 33.8 Å². The van der Waals surface area contributed by atoms with Crippen LogP contribution in [0.1, 0.15) is 395 Å². The van der Waals surface area contributed by atoms with Crippen LogP contribution in [-0.2, 0) is 65.4 Å². The number of esters is 4. The molecular formula is C76H148O17P2. The zero-order valence-electron chi connectivity index (χ0n) is 62.0. The number of aliphatic hydroxyl groups excluding tert-OH is 1. The minimum Gasteiger partial charge on any atom is -0.462 e. The third kappa shape index (κ3) is 67.6.